The van der Waals surface area contributed by atoms with Gasteiger partial charge in [0.05, 0.1) is 5.69 Å². The lowest BCUT2D eigenvalue weighted by Gasteiger charge is -2.11. The van der Waals surface area contributed by atoms with Gasteiger partial charge in [0.2, 0.25) is 0 Å². The molecule has 3 N–H and O–H groups in total. The average molecular weight is 321 g/mol. The van der Waals surface area contributed by atoms with E-state index in [1.54, 1.807) is 12.4 Å². The summed E-state index contributed by atoms with van der Waals surface area (Å²) in [6.07, 6.45) is 4.39. The zero-order valence-electron chi connectivity index (χ0n) is 13.7. The molecule has 0 unspecified atom stereocenters. The van der Waals surface area contributed by atoms with Gasteiger partial charge in [-0.2, -0.15) is 0 Å². The van der Waals surface area contributed by atoms with E-state index >= 15 is 0 Å². The first kappa shape index (κ1) is 15.9. The van der Waals surface area contributed by atoms with Gasteiger partial charge in [-0.15, -0.1) is 10.2 Å². The normalized spacial score (nSPS) is 10.8. The van der Waals surface area contributed by atoms with Gasteiger partial charge in [0, 0.05) is 35.5 Å². The molecule has 2 aromatic heterocycles. The van der Waals surface area contributed by atoms with Crippen molar-refractivity contribution < 1.29 is 4.79 Å². The summed E-state index contributed by atoms with van der Waals surface area (Å²) in [7, 11) is 0. The van der Waals surface area contributed by atoms with E-state index in [-0.39, 0.29) is 11.6 Å². The van der Waals surface area contributed by atoms with Crippen LogP contribution in [0.3, 0.4) is 0 Å². The summed E-state index contributed by atoms with van der Waals surface area (Å²) in [4.78, 5) is 16.4. The van der Waals surface area contributed by atoms with Gasteiger partial charge in [0.1, 0.15) is 5.52 Å². The van der Waals surface area contributed by atoms with Crippen LogP contribution in [0.5, 0.6) is 0 Å². The highest BCUT2D eigenvalue weighted by atomic mass is 16.1. The van der Waals surface area contributed by atoms with Crippen LogP contribution in [0.2, 0.25) is 0 Å². The lowest BCUT2D eigenvalue weighted by molar-refractivity contribution is 0.0949. The van der Waals surface area contributed by atoms with E-state index in [1.165, 1.54) is 0 Å². The minimum Gasteiger partial charge on any atom is -0.396 e. The Hall–Kier alpha value is -3.02. The standard InChI is InChI=1S/C18H19N5O/c1-3-8-21-18(24)17-15(19)13-6-4-5-12(16(13)22-23-17)14-10-20-9-7-11(14)2/h4-7,9-10H,3,8H2,1-2H3,(H2,19,22)(H,21,24). The number of nitrogens with zero attached hydrogens (tertiary/aromatic N) is 3. The highest BCUT2D eigenvalue weighted by Gasteiger charge is 2.17. The van der Waals surface area contributed by atoms with Crippen molar-refractivity contribution in [3.05, 3.63) is 47.9 Å². The van der Waals surface area contributed by atoms with Gasteiger partial charge >= 0.3 is 0 Å². The van der Waals surface area contributed by atoms with Crippen LogP contribution in [0.4, 0.5) is 5.69 Å². The zero-order valence-corrected chi connectivity index (χ0v) is 13.7. The fourth-order valence-electron chi connectivity index (χ4n) is 2.60. The predicted octanol–water partition coefficient (Wildman–Crippen LogP) is 2.72. The molecule has 3 rings (SSSR count). The van der Waals surface area contributed by atoms with E-state index in [1.807, 2.05) is 38.1 Å². The SMILES string of the molecule is CCCNC(=O)c1nnc2c(-c3cnccc3C)cccc2c1N. The van der Waals surface area contributed by atoms with Crippen molar-refractivity contribution in [1.82, 2.24) is 20.5 Å². The Morgan fingerprint density at radius 1 is 1.21 bits per heavy atom. The van der Waals surface area contributed by atoms with E-state index in [0.717, 1.165) is 23.1 Å². The Kier molecular flexibility index (Phi) is 4.37. The minimum absolute atomic E-state index is 0.163. The van der Waals surface area contributed by atoms with Gasteiger partial charge in [0.25, 0.3) is 5.91 Å². The van der Waals surface area contributed by atoms with Crippen molar-refractivity contribution in [2.24, 2.45) is 0 Å². The van der Waals surface area contributed by atoms with E-state index in [2.05, 4.69) is 20.5 Å². The molecule has 0 atom stereocenters. The number of anilines is 1. The van der Waals surface area contributed by atoms with Crippen molar-refractivity contribution in [2.45, 2.75) is 20.3 Å². The number of carbonyl (C=O) groups is 1. The maximum atomic E-state index is 12.2. The molecule has 3 aromatic rings. The lowest BCUT2D eigenvalue weighted by atomic mass is 9.99. The molecule has 122 valence electrons. The molecule has 0 saturated carbocycles. The number of amides is 1. The van der Waals surface area contributed by atoms with Gasteiger partial charge in [0.15, 0.2) is 5.69 Å². The summed E-state index contributed by atoms with van der Waals surface area (Å²) < 4.78 is 0. The molecule has 2 heterocycles. The van der Waals surface area contributed by atoms with E-state index in [0.29, 0.717) is 23.1 Å². The highest BCUT2D eigenvalue weighted by Crippen LogP contribution is 2.31. The number of aryl methyl sites for hydroxylation is 1. The Morgan fingerprint density at radius 2 is 2.04 bits per heavy atom. The van der Waals surface area contributed by atoms with Gasteiger partial charge in [-0.1, -0.05) is 25.1 Å². The number of hydrogen-bond donors (Lipinski definition) is 2. The second-order valence-corrected chi connectivity index (χ2v) is 5.61. The van der Waals surface area contributed by atoms with Gasteiger partial charge in [-0.3, -0.25) is 9.78 Å². The smallest absolute Gasteiger partial charge is 0.273 e. The molecule has 24 heavy (non-hydrogen) atoms. The number of carbonyl (C=O) groups excluding carboxylic acids is 1. The Labute approximate surface area is 140 Å². The second-order valence-electron chi connectivity index (χ2n) is 5.61. The number of nitrogen functional groups attached to an aromatic ring is 1. The summed E-state index contributed by atoms with van der Waals surface area (Å²) in [6, 6.07) is 7.65. The van der Waals surface area contributed by atoms with Crippen LogP contribution in [-0.2, 0) is 0 Å². The molecule has 0 aliphatic heterocycles. The summed E-state index contributed by atoms with van der Waals surface area (Å²) >= 11 is 0. The van der Waals surface area contributed by atoms with Crippen molar-refractivity contribution in [3.8, 4) is 11.1 Å². The van der Waals surface area contributed by atoms with Crippen molar-refractivity contribution in [3.63, 3.8) is 0 Å². The molecule has 0 aliphatic carbocycles. The van der Waals surface area contributed by atoms with Crippen molar-refractivity contribution in [1.29, 1.82) is 0 Å². The van der Waals surface area contributed by atoms with E-state index in [9.17, 15) is 4.79 Å². The second kappa shape index (κ2) is 6.62. The largest absolute Gasteiger partial charge is 0.396 e. The fraction of sp³-hybridized carbons (Fsp3) is 0.222. The number of fused-ring (bicyclic) bond motifs is 1. The quantitative estimate of drug-likeness (QED) is 0.770. The van der Waals surface area contributed by atoms with Gasteiger partial charge in [-0.25, -0.2) is 0 Å². The maximum absolute atomic E-state index is 12.2. The Morgan fingerprint density at radius 3 is 2.79 bits per heavy atom. The molecule has 0 radical (unpaired) electrons. The molecule has 0 spiro atoms. The molecule has 1 amide bonds. The summed E-state index contributed by atoms with van der Waals surface area (Å²) in [5, 5.41) is 11.8. The molecule has 6 heteroatoms. The van der Waals surface area contributed by atoms with Crippen molar-refractivity contribution in [2.75, 3.05) is 12.3 Å². The van der Waals surface area contributed by atoms with Crippen molar-refractivity contribution >= 4 is 22.5 Å². The van der Waals surface area contributed by atoms with Crippen LogP contribution >= 0.6 is 0 Å². The van der Waals surface area contributed by atoms with Crippen LogP contribution < -0.4 is 11.1 Å². The first-order valence-electron chi connectivity index (χ1n) is 7.87. The third kappa shape index (κ3) is 2.78. The van der Waals surface area contributed by atoms with Crippen LogP contribution in [0, 0.1) is 6.92 Å². The molecule has 0 saturated heterocycles. The average Bonchev–Trinajstić information content (AvgIpc) is 2.60. The third-order valence-electron chi connectivity index (χ3n) is 3.91. The van der Waals surface area contributed by atoms with E-state index in [4.69, 9.17) is 5.73 Å². The maximum Gasteiger partial charge on any atom is 0.273 e. The van der Waals surface area contributed by atoms with Crippen LogP contribution in [0.1, 0.15) is 29.4 Å². The summed E-state index contributed by atoms with van der Waals surface area (Å²) in [6.45, 7) is 4.57. The Bertz CT molecular complexity index is 907. The summed E-state index contributed by atoms with van der Waals surface area (Å²) in [5.74, 6) is -0.299. The molecule has 0 aliphatic rings. The fourth-order valence-corrected chi connectivity index (χ4v) is 2.60. The molecular weight excluding hydrogens is 302 g/mol. The van der Waals surface area contributed by atoms with E-state index < -0.39 is 0 Å². The number of benzene rings is 1. The first-order chi connectivity index (χ1) is 11.6. The predicted molar refractivity (Wildman–Crippen MR) is 94.5 cm³/mol. The van der Waals surface area contributed by atoms with Crippen LogP contribution in [0.25, 0.3) is 22.0 Å². The van der Waals surface area contributed by atoms with Gasteiger partial charge in [-0.05, 0) is 25.0 Å². The Balaban J connectivity index is 2.15. The number of aromatic nitrogens is 3. The molecule has 0 fully saturated rings. The molecule has 6 nitrogen and oxygen atoms in total. The monoisotopic (exact) mass is 321 g/mol. The number of hydrogen-bond acceptors (Lipinski definition) is 5. The lowest BCUT2D eigenvalue weighted by Crippen LogP contribution is -2.26. The zero-order chi connectivity index (χ0) is 17.1. The highest BCUT2D eigenvalue weighted by molar-refractivity contribution is 6.07. The van der Waals surface area contributed by atoms with Crippen LogP contribution in [-0.4, -0.2) is 27.6 Å². The van der Waals surface area contributed by atoms with Gasteiger partial charge < -0.3 is 11.1 Å². The third-order valence-corrected chi connectivity index (χ3v) is 3.91. The first-order valence-corrected chi connectivity index (χ1v) is 7.87. The van der Waals surface area contributed by atoms with Crippen LogP contribution in [0.15, 0.2) is 36.7 Å². The number of nitrogens with one attached hydrogen (secondary N) is 1. The minimum atomic E-state index is -0.299. The summed E-state index contributed by atoms with van der Waals surface area (Å²) in [5.41, 5.74) is 10.3. The molecule has 0 bridgehead atoms. The number of rotatable bonds is 4. The topological polar surface area (TPSA) is 93.8 Å². The number of pyridine rings is 1. The molecule has 1 aromatic carbocycles. The number of nitrogens with two attached hydrogens (primary N) is 1. The molecular formula is C18H19N5O.